The van der Waals surface area contributed by atoms with Crippen LogP contribution in [0.2, 0.25) is 0 Å². The van der Waals surface area contributed by atoms with Crippen LogP contribution in [0.15, 0.2) is 40.8 Å². The SMILES string of the molecule is CC(=O)c1ccc(S(=O)(=O)NCCC2=CCCCC2)cc1. The molecule has 0 unspecified atom stereocenters. The average Bonchev–Trinajstić information content (AvgIpc) is 2.48. The predicted octanol–water partition coefficient (Wildman–Crippen LogP) is 3.06. The molecule has 0 bridgehead atoms. The summed E-state index contributed by atoms with van der Waals surface area (Å²) in [5.74, 6) is -0.0730. The third-order valence-corrected chi connectivity index (χ3v) is 5.17. The third kappa shape index (κ3) is 4.51. The van der Waals surface area contributed by atoms with Crippen LogP contribution in [0.1, 0.15) is 49.4 Å². The van der Waals surface area contributed by atoms with Crippen LogP contribution in [-0.4, -0.2) is 20.7 Å². The number of hydrogen-bond acceptors (Lipinski definition) is 3. The molecule has 5 heteroatoms. The van der Waals surface area contributed by atoms with Crippen molar-refractivity contribution in [2.24, 2.45) is 0 Å². The van der Waals surface area contributed by atoms with E-state index in [-0.39, 0.29) is 10.7 Å². The Labute approximate surface area is 126 Å². The van der Waals surface area contributed by atoms with Gasteiger partial charge in [-0.25, -0.2) is 13.1 Å². The van der Waals surface area contributed by atoms with E-state index in [4.69, 9.17) is 0 Å². The van der Waals surface area contributed by atoms with Gasteiger partial charge >= 0.3 is 0 Å². The number of ketones is 1. The minimum atomic E-state index is -3.49. The summed E-state index contributed by atoms with van der Waals surface area (Å²) in [5.41, 5.74) is 1.86. The second-order valence-corrected chi connectivity index (χ2v) is 7.10. The molecule has 0 radical (unpaired) electrons. The van der Waals surface area contributed by atoms with Crippen molar-refractivity contribution in [1.82, 2.24) is 4.72 Å². The lowest BCUT2D eigenvalue weighted by atomic mass is 9.97. The van der Waals surface area contributed by atoms with E-state index in [1.807, 2.05) is 0 Å². The fourth-order valence-electron chi connectivity index (χ4n) is 2.43. The first-order chi connectivity index (χ1) is 9.99. The van der Waals surface area contributed by atoms with Gasteiger partial charge in [-0.05, 0) is 51.2 Å². The number of benzene rings is 1. The van der Waals surface area contributed by atoms with E-state index in [9.17, 15) is 13.2 Å². The fraction of sp³-hybridized carbons (Fsp3) is 0.438. The normalized spacial score (nSPS) is 15.6. The van der Waals surface area contributed by atoms with Crippen LogP contribution in [0.5, 0.6) is 0 Å². The highest BCUT2D eigenvalue weighted by atomic mass is 32.2. The molecule has 0 heterocycles. The van der Waals surface area contributed by atoms with Gasteiger partial charge in [0, 0.05) is 12.1 Å². The number of rotatable bonds is 6. The molecule has 0 fully saturated rings. The lowest BCUT2D eigenvalue weighted by Crippen LogP contribution is -2.25. The molecule has 4 nitrogen and oxygen atoms in total. The Morgan fingerprint density at radius 1 is 1.19 bits per heavy atom. The monoisotopic (exact) mass is 307 g/mol. The summed E-state index contributed by atoms with van der Waals surface area (Å²) < 4.78 is 26.9. The summed E-state index contributed by atoms with van der Waals surface area (Å²) in [6.45, 7) is 1.88. The van der Waals surface area contributed by atoms with Gasteiger partial charge in [0.15, 0.2) is 5.78 Å². The molecule has 1 aromatic carbocycles. The standard InChI is InChI=1S/C16H21NO3S/c1-13(18)15-7-9-16(10-8-15)21(19,20)17-12-11-14-5-3-2-4-6-14/h5,7-10,17H,2-4,6,11-12H2,1H3. The minimum absolute atomic E-state index is 0.0730. The number of nitrogens with one attached hydrogen (secondary N) is 1. The first kappa shape index (κ1) is 15.9. The Hall–Kier alpha value is -1.46. The Balaban J connectivity index is 1.94. The van der Waals surface area contributed by atoms with Gasteiger partial charge in [-0.15, -0.1) is 0 Å². The second-order valence-electron chi connectivity index (χ2n) is 5.34. The first-order valence-electron chi connectivity index (χ1n) is 7.27. The lowest BCUT2D eigenvalue weighted by molar-refractivity contribution is 0.101. The molecule has 0 spiro atoms. The number of carbonyl (C=O) groups excluding carboxylic acids is 1. The summed E-state index contributed by atoms with van der Waals surface area (Å²) in [4.78, 5) is 11.4. The van der Waals surface area contributed by atoms with Gasteiger partial charge in [0.25, 0.3) is 0 Å². The van der Waals surface area contributed by atoms with E-state index in [1.54, 1.807) is 12.1 Å². The maximum Gasteiger partial charge on any atom is 0.240 e. The number of Topliss-reactive ketones (excluding diaryl/α,β-unsaturated/α-hetero) is 1. The second kappa shape index (κ2) is 7.00. The molecule has 1 aromatic rings. The van der Waals surface area contributed by atoms with Crippen molar-refractivity contribution in [2.45, 2.75) is 43.9 Å². The predicted molar refractivity (Wildman–Crippen MR) is 82.8 cm³/mol. The van der Waals surface area contributed by atoms with Gasteiger partial charge in [0.05, 0.1) is 4.90 Å². The number of hydrogen-bond donors (Lipinski definition) is 1. The van der Waals surface area contributed by atoms with Crippen molar-refractivity contribution in [3.63, 3.8) is 0 Å². The van der Waals surface area contributed by atoms with Crippen LogP contribution < -0.4 is 4.72 Å². The van der Waals surface area contributed by atoms with Gasteiger partial charge in [0.1, 0.15) is 0 Å². The zero-order chi connectivity index (χ0) is 15.3. The molecule has 0 aliphatic heterocycles. The van der Waals surface area contributed by atoms with Crippen molar-refractivity contribution in [1.29, 1.82) is 0 Å². The maximum absolute atomic E-state index is 12.1. The Bertz CT molecular complexity index is 630. The maximum atomic E-state index is 12.1. The molecule has 1 aliphatic rings. The van der Waals surface area contributed by atoms with Gasteiger partial charge < -0.3 is 0 Å². The summed E-state index contributed by atoms with van der Waals surface area (Å²) in [6, 6.07) is 6.03. The van der Waals surface area contributed by atoms with E-state index < -0.39 is 10.0 Å². The fourth-order valence-corrected chi connectivity index (χ4v) is 3.46. The van der Waals surface area contributed by atoms with Gasteiger partial charge in [-0.1, -0.05) is 23.8 Å². The molecule has 1 N–H and O–H groups in total. The zero-order valence-electron chi connectivity index (χ0n) is 12.3. The highest BCUT2D eigenvalue weighted by molar-refractivity contribution is 7.89. The number of carbonyl (C=O) groups is 1. The smallest absolute Gasteiger partial charge is 0.240 e. The van der Waals surface area contributed by atoms with Crippen LogP contribution in [0.25, 0.3) is 0 Å². The van der Waals surface area contributed by atoms with Crippen molar-refractivity contribution >= 4 is 15.8 Å². The van der Waals surface area contributed by atoms with E-state index in [0.717, 1.165) is 19.3 Å². The van der Waals surface area contributed by atoms with E-state index in [0.29, 0.717) is 12.1 Å². The first-order valence-corrected chi connectivity index (χ1v) is 8.76. The molecule has 114 valence electrons. The van der Waals surface area contributed by atoms with Crippen molar-refractivity contribution in [3.8, 4) is 0 Å². The highest BCUT2D eigenvalue weighted by Gasteiger charge is 2.14. The Morgan fingerprint density at radius 3 is 2.48 bits per heavy atom. The molecule has 0 amide bonds. The van der Waals surface area contributed by atoms with Crippen LogP contribution in [0.3, 0.4) is 0 Å². The van der Waals surface area contributed by atoms with Crippen LogP contribution >= 0.6 is 0 Å². The number of allylic oxidation sites excluding steroid dienone is 1. The van der Waals surface area contributed by atoms with Crippen LogP contribution in [0.4, 0.5) is 0 Å². The quantitative estimate of drug-likeness (QED) is 0.649. The molecule has 2 rings (SSSR count). The minimum Gasteiger partial charge on any atom is -0.295 e. The van der Waals surface area contributed by atoms with E-state index in [2.05, 4.69) is 10.8 Å². The topological polar surface area (TPSA) is 63.2 Å². The molecular formula is C16H21NO3S. The molecule has 0 atom stereocenters. The van der Waals surface area contributed by atoms with Crippen LogP contribution in [0, 0.1) is 0 Å². The summed E-state index contributed by atoms with van der Waals surface area (Å²) in [6.07, 6.45) is 7.61. The average molecular weight is 307 g/mol. The molecule has 21 heavy (non-hydrogen) atoms. The summed E-state index contributed by atoms with van der Waals surface area (Å²) in [5, 5.41) is 0. The van der Waals surface area contributed by atoms with Gasteiger partial charge in [-0.3, -0.25) is 4.79 Å². The molecule has 0 saturated carbocycles. The van der Waals surface area contributed by atoms with Gasteiger partial charge in [-0.2, -0.15) is 0 Å². The Kier molecular flexibility index (Phi) is 5.31. The largest absolute Gasteiger partial charge is 0.295 e. The number of sulfonamides is 1. The molecule has 1 aliphatic carbocycles. The van der Waals surface area contributed by atoms with E-state index in [1.165, 1.54) is 37.5 Å². The lowest BCUT2D eigenvalue weighted by Gasteiger charge is -2.13. The third-order valence-electron chi connectivity index (χ3n) is 3.69. The highest BCUT2D eigenvalue weighted by Crippen LogP contribution is 2.19. The van der Waals surface area contributed by atoms with E-state index >= 15 is 0 Å². The zero-order valence-corrected chi connectivity index (χ0v) is 13.1. The Morgan fingerprint density at radius 2 is 1.90 bits per heavy atom. The molecule has 0 saturated heterocycles. The van der Waals surface area contributed by atoms with Crippen LogP contribution in [-0.2, 0) is 10.0 Å². The van der Waals surface area contributed by atoms with Crippen molar-refractivity contribution < 1.29 is 13.2 Å². The molecule has 0 aromatic heterocycles. The molecular weight excluding hydrogens is 286 g/mol. The van der Waals surface area contributed by atoms with Crippen molar-refractivity contribution in [3.05, 3.63) is 41.5 Å². The summed E-state index contributed by atoms with van der Waals surface area (Å²) >= 11 is 0. The van der Waals surface area contributed by atoms with Gasteiger partial charge in [0.2, 0.25) is 10.0 Å². The summed E-state index contributed by atoms with van der Waals surface area (Å²) in [7, 11) is -3.49. The van der Waals surface area contributed by atoms with Crippen molar-refractivity contribution in [2.75, 3.05) is 6.54 Å².